The van der Waals surface area contributed by atoms with E-state index in [0.717, 1.165) is 6.54 Å². The first-order valence-corrected chi connectivity index (χ1v) is 5.14. The third-order valence-electron chi connectivity index (χ3n) is 1.55. The Kier molecular flexibility index (Phi) is 15.1. The molecule has 0 unspecified atom stereocenters. The van der Waals surface area contributed by atoms with Crippen LogP contribution in [0, 0.1) is 4.78 Å². The van der Waals surface area contributed by atoms with Crippen molar-refractivity contribution in [2.45, 2.75) is 33.0 Å². The molecule has 0 aliphatic rings. The Labute approximate surface area is 99.1 Å². The van der Waals surface area contributed by atoms with Gasteiger partial charge in [-0.3, -0.25) is 0 Å². The lowest BCUT2D eigenvalue weighted by molar-refractivity contribution is -0.697. The van der Waals surface area contributed by atoms with E-state index in [1.54, 1.807) is 0 Å². The molecule has 0 fully saturated rings. The quantitative estimate of drug-likeness (QED) is 0.823. The van der Waals surface area contributed by atoms with E-state index in [-0.39, 0.29) is 0 Å². The Morgan fingerprint density at radius 1 is 1.12 bits per heavy atom. The molecule has 6 heteroatoms. The van der Waals surface area contributed by atoms with Crippen LogP contribution in [-0.2, 0) is 19.0 Å². The van der Waals surface area contributed by atoms with Crippen LogP contribution in [0.15, 0.2) is 30.6 Å². The highest BCUT2D eigenvalue weighted by Crippen LogP contribution is 1.87. The van der Waals surface area contributed by atoms with Crippen molar-refractivity contribution in [3.05, 3.63) is 30.6 Å². The fourth-order valence-electron chi connectivity index (χ4n) is 0.924. The summed E-state index contributed by atoms with van der Waals surface area (Å²) < 4.78 is 36.5. The summed E-state index contributed by atoms with van der Waals surface area (Å²) in [5.74, 6) is 0. The summed E-state index contributed by atoms with van der Waals surface area (Å²) in [4.78, 5) is 0. The number of unbranched alkanes of at least 4 members (excludes halogenated alkanes) is 1. The number of nitrogens with one attached hydrogen (secondary N) is 1. The molecule has 0 aliphatic heterocycles. The second-order valence-electron chi connectivity index (χ2n) is 2.71. The van der Waals surface area contributed by atoms with Crippen LogP contribution in [0.2, 0.25) is 0 Å². The molecule has 0 saturated heterocycles. The molecule has 2 nitrogen and oxygen atoms in total. The molecule has 1 aromatic heterocycles. The molecule has 0 spiro atoms. The van der Waals surface area contributed by atoms with Gasteiger partial charge in [0.1, 0.15) is 6.54 Å². The number of hydrogen-bond donors (Lipinski definition) is 1. The van der Waals surface area contributed by atoms with E-state index in [9.17, 15) is 13.2 Å². The molecule has 0 aliphatic carbocycles. The number of nitrogens with zero attached hydrogens (tertiary/aromatic N) is 1. The summed E-state index contributed by atoms with van der Waals surface area (Å²) in [6.07, 6.45) is 6.75. The number of aromatic nitrogens is 1. The van der Waals surface area contributed by atoms with Gasteiger partial charge in [0.05, 0.1) is 0 Å². The van der Waals surface area contributed by atoms with Crippen LogP contribution in [0.1, 0.15) is 19.8 Å². The predicted octanol–water partition coefficient (Wildman–Crippen LogP) is 3.25. The number of alkyl halides is 3. The number of hydrogen-bond acceptors (Lipinski definition) is 2. The van der Waals surface area contributed by atoms with Gasteiger partial charge in [-0.15, -0.1) is 0 Å². The zero-order valence-corrected chi connectivity index (χ0v) is 9.89. The number of aryl methyl sites for hydroxylation is 1. The number of rotatable bonds is 3. The minimum absolute atomic E-state index is 1.15. The van der Waals surface area contributed by atoms with Crippen molar-refractivity contribution in [1.82, 2.24) is 0 Å². The van der Waals surface area contributed by atoms with Crippen molar-refractivity contribution in [2.24, 2.45) is 0 Å². The first-order chi connectivity index (χ1) is 7.66. The summed E-state index contributed by atoms with van der Waals surface area (Å²) in [5.41, 5.74) is 0. The average Bonchev–Trinajstić information content (AvgIpc) is 2.30. The van der Waals surface area contributed by atoms with E-state index < -0.39 is 6.68 Å². The monoisotopic (exact) mass is 253 g/mol. The zero-order chi connectivity index (χ0) is 12.8. The molecule has 0 aromatic carbocycles. The van der Waals surface area contributed by atoms with Crippen molar-refractivity contribution in [3.8, 4) is 0 Å². The van der Waals surface area contributed by atoms with Gasteiger partial charge >= 0.3 is 6.68 Å². The maximum atomic E-state index is 9.67. The summed E-state index contributed by atoms with van der Waals surface area (Å²) in [6.45, 7) is -0.305. The molecule has 0 bridgehead atoms. The minimum Gasteiger partial charge on any atom is -0.235 e. The Balaban J connectivity index is 0. The van der Waals surface area contributed by atoms with Crippen LogP contribution in [-0.4, -0.2) is 6.68 Å². The molecule has 16 heavy (non-hydrogen) atoms. The third-order valence-corrected chi connectivity index (χ3v) is 1.55. The average molecular weight is 253 g/mol. The summed E-state index contributed by atoms with van der Waals surface area (Å²) in [7, 11) is 0. The van der Waals surface area contributed by atoms with Crippen molar-refractivity contribution < 1.29 is 17.7 Å². The molecule has 1 heterocycles. The maximum absolute atomic E-state index is 9.67. The molecular formula is C10H16F3N2S+. The lowest BCUT2D eigenvalue weighted by Gasteiger charge is -1.91. The molecular weight excluding hydrogens is 237 g/mol. The van der Waals surface area contributed by atoms with Gasteiger partial charge in [-0.25, -0.2) is 9.35 Å². The van der Waals surface area contributed by atoms with Gasteiger partial charge in [-0.05, 0) is 0 Å². The molecule has 0 saturated carbocycles. The van der Waals surface area contributed by atoms with Crippen molar-refractivity contribution in [3.63, 3.8) is 0 Å². The highest BCUT2D eigenvalue weighted by atomic mass is 32.1. The Hall–Kier alpha value is -1.04. The Morgan fingerprint density at radius 3 is 1.94 bits per heavy atom. The minimum atomic E-state index is -3.67. The molecule has 1 aromatic rings. The standard InChI is InChI=1S/C9H14N.CHF3.HNS/c1-2-3-7-10-8-5-4-6-9-10;2-1(3)4;1-2/h4-6,8-9H,2-3,7H2,1H3;1H;1H/q+1;;. The highest BCUT2D eigenvalue weighted by Gasteiger charge is 1.93. The topological polar surface area (TPSA) is 27.7 Å². The third kappa shape index (κ3) is 15.4. The van der Waals surface area contributed by atoms with Crippen LogP contribution in [0.4, 0.5) is 13.2 Å². The van der Waals surface area contributed by atoms with Crippen LogP contribution in [0.25, 0.3) is 0 Å². The molecule has 0 amide bonds. The predicted molar refractivity (Wildman–Crippen MR) is 58.7 cm³/mol. The van der Waals surface area contributed by atoms with Crippen molar-refractivity contribution in [1.29, 1.82) is 4.78 Å². The van der Waals surface area contributed by atoms with Crippen LogP contribution in [0.5, 0.6) is 0 Å². The SMILES string of the molecule is CCCC[n+]1ccccc1.FC(F)F.N=S. The molecule has 0 radical (unpaired) electrons. The highest BCUT2D eigenvalue weighted by molar-refractivity contribution is 7.45. The molecule has 1 rings (SSSR count). The van der Waals surface area contributed by atoms with Gasteiger partial charge in [0.15, 0.2) is 12.4 Å². The summed E-state index contributed by atoms with van der Waals surface area (Å²) in [5, 5.41) is 0. The second-order valence-corrected chi connectivity index (χ2v) is 2.71. The van der Waals surface area contributed by atoms with Crippen LogP contribution < -0.4 is 4.57 Å². The van der Waals surface area contributed by atoms with E-state index in [4.69, 9.17) is 4.78 Å². The van der Waals surface area contributed by atoms with Gasteiger partial charge in [0.25, 0.3) is 0 Å². The first kappa shape index (κ1) is 17.4. The summed E-state index contributed by atoms with van der Waals surface area (Å²) in [6, 6.07) is 6.17. The van der Waals surface area contributed by atoms with Gasteiger partial charge in [0.2, 0.25) is 0 Å². The lowest BCUT2D eigenvalue weighted by Crippen LogP contribution is -2.31. The molecule has 92 valence electrons. The lowest BCUT2D eigenvalue weighted by atomic mass is 10.3. The van der Waals surface area contributed by atoms with E-state index in [1.807, 2.05) is 6.07 Å². The smallest absolute Gasteiger partial charge is 0.235 e. The molecule has 0 atom stereocenters. The largest absolute Gasteiger partial charge is 0.379 e. The first-order valence-electron chi connectivity index (χ1n) is 4.73. The van der Waals surface area contributed by atoms with E-state index >= 15 is 0 Å². The number of pyridine rings is 1. The second kappa shape index (κ2) is 14.0. The maximum Gasteiger partial charge on any atom is 0.379 e. The molecule has 1 N–H and O–H groups in total. The van der Waals surface area contributed by atoms with Gasteiger partial charge < -0.3 is 0 Å². The zero-order valence-electron chi connectivity index (χ0n) is 9.07. The van der Waals surface area contributed by atoms with Gasteiger partial charge in [-0.1, -0.05) is 19.4 Å². The fourth-order valence-corrected chi connectivity index (χ4v) is 0.924. The van der Waals surface area contributed by atoms with E-state index in [0.29, 0.717) is 0 Å². The fraction of sp³-hybridized carbons (Fsp3) is 0.500. The van der Waals surface area contributed by atoms with E-state index in [1.165, 1.54) is 12.8 Å². The van der Waals surface area contributed by atoms with Crippen molar-refractivity contribution in [2.75, 3.05) is 0 Å². The van der Waals surface area contributed by atoms with Gasteiger partial charge in [-0.2, -0.15) is 13.2 Å². The van der Waals surface area contributed by atoms with Crippen molar-refractivity contribution >= 4 is 12.4 Å². The Bertz CT molecular complexity index is 232. The Morgan fingerprint density at radius 2 is 1.56 bits per heavy atom. The normalized spacial score (nSPS) is 8.56. The van der Waals surface area contributed by atoms with Gasteiger partial charge in [0, 0.05) is 31.0 Å². The summed E-state index contributed by atoms with van der Waals surface area (Å²) >= 11 is 3.33. The van der Waals surface area contributed by atoms with Crippen LogP contribution in [0.3, 0.4) is 0 Å². The van der Waals surface area contributed by atoms with E-state index in [2.05, 4.69) is 48.4 Å². The van der Waals surface area contributed by atoms with Crippen LogP contribution >= 0.6 is 0 Å². The number of halogens is 3.